The van der Waals surface area contributed by atoms with Crippen LogP contribution >= 0.6 is 0 Å². The van der Waals surface area contributed by atoms with Crippen LogP contribution in [0.15, 0.2) is 33.9 Å². The van der Waals surface area contributed by atoms with Gasteiger partial charge in [-0.1, -0.05) is 0 Å². The van der Waals surface area contributed by atoms with Crippen LogP contribution in [0.1, 0.15) is 30.0 Å². The number of nitrogen functional groups attached to an aromatic ring is 1. The molecule has 0 spiro atoms. The summed E-state index contributed by atoms with van der Waals surface area (Å²) in [6.45, 7) is 1.45. The van der Waals surface area contributed by atoms with Gasteiger partial charge in [0.25, 0.3) is 0 Å². The molecule has 4 aromatic rings. The molecule has 13 heteroatoms. The summed E-state index contributed by atoms with van der Waals surface area (Å²) in [6, 6.07) is 7.34. The molecule has 2 bridgehead atoms. The van der Waals surface area contributed by atoms with Gasteiger partial charge in [0.05, 0.1) is 23.5 Å². The molecule has 0 saturated carbocycles. The first-order valence-electron chi connectivity index (χ1n) is 9.76. The van der Waals surface area contributed by atoms with Gasteiger partial charge < -0.3 is 10.5 Å². The van der Waals surface area contributed by atoms with E-state index in [1.54, 1.807) is 14.0 Å². The van der Waals surface area contributed by atoms with Crippen LogP contribution in [-0.4, -0.2) is 34.3 Å². The lowest BCUT2D eigenvalue weighted by Gasteiger charge is -2.21. The summed E-state index contributed by atoms with van der Waals surface area (Å²) in [5.74, 6) is -0.415. The van der Waals surface area contributed by atoms with Crippen LogP contribution in [0, 0.1) is 17.1 Å². The summed E-state index contributed by atoms with van der Waals surface area (Å²) in [7, 11) is 1.57. The van der Waals surface area contributed by atoms with Gasteiger partial charge in [0.1, 0.15) is 29.4 Å². The normalized spacial score (nSPS) is 14.7. The van der Waals surface area contributed by atoms with Crippen LogP contribution in [-0.2, 0) is 13.6 Å². The predicted octanol–water partition coefficient (Wildman–Crippen LogP) is 0.612. The van der Waals surface area contributed by atoms with Crippen molar-refractivity contribution < 1.29 is 9.13 Å². The van der Waals surface area contributed by atoms with Gasteiger partial charge in [-0.2, -0.15) is 15.0 Å². The van der Waals surface area contributed by atoms with Gasteiger partial charge in [-0.05, 0) is 25.1 Å². The minimum Gasteiger partial charge on any atom is -0.482 e. The summed E-state index contributed by atoms with van der Waals surface area (Å²) in [5.41, 5.74) is 6.05. The predicted molar refractivity (Wildman–Crippen MR) is 112 cm³/mol. The van der Waals surface area contributed by atoms with Gasteiger partial charge in [0.2, 0.25) is 0 Å². The Balaban J connectivity index is 1.90. The van der Waals surface area contributed by atoms with Crippen molar-refractivity contribution in [2.24, 2.45) is 7.05 Å². The zero-order chi connectivity index (χ0) is 23.4. The van der Waals surface area contributed by atoms with Crippen molar-refractivity contribution in [1.29, 1.82) is 5.26 Å². The van der Waals surface area contributed by atoms with E-state index in [1.165, 1.54) is 28.9 Å². The van der Waals surface area contributed by atoms with Crippen molar-refractivity contribution in [1.82, 2.24) is 34.3 Å². The summed E-state index contributed by atoms with van der Waals surface area (Å²) in [4.78, 5) is 27.7. The van der Waals surface area contributed by atoms with E-state index in [-0.39, 0.29) is 40.9 Å². The van der Waals surface area contributed by atoms with Gasteiger partial charge in [0.15, 0.2) is 11.6 Å². The molecule has 0 saturated heterocycles. The molecule has 0 aliphatic carbocycles. The highest BCUT2D eigenvalue weighted by Gasteiger charge is 2.26. The van der Waals surface area contributed by atoms with Crippen LogP contribution in [0.3, 0.4) is 0 Å². The molecule has 12 nitrogen and oxygen atoms in total. The van der Waals surface area contributed by atoms with Crippen LogP contribution in [0.25, 0.3) is 16.9 Å². The van der Waals surface area contributed by atoms with E-state index in [4.69, 9.17) is 10.5 Å². The maximum absolute atomic E-state index is 14.2. The molecule has 3 N–H and O–H groups in total. The van der Waals surface area contributed by atoms with E-state index < -0.39 is 23.3 Å². The Morgan fingerprint density at radius 2 is 2.06 bits per heavy atom. The monoisotopic (exact) mass is 449 g/mol. The number of nitrogens with one attached hydrogen (secondary N) is 1. The fourth-order valence-electron chi connectivity index (χ4n) is 3.92. The minimum atomic E-state index is -0.802. The number of nitrogens with zero attached hydrogens (tertiary/aromatic N) is 7. The third-order valence-corrected chi connectivity index (χ3v) is 5.41. The van der Waals surface area contributed by atoms with Gasteiger partial charge in [-0.25, -0.2) is 18.7 Å². The number of nitriles is 1. The molecule has 33 heavy (non-hydrogen) atoms. The summed E-state index contributed by atoms with van der Waals surface area (Å²) >= 11 is 0. The second kappa shape index (κ2) is 7.16. The Kier molecular flexibility index (Phi) is 4.38. The number of aryl methyl sites for hydroxylation is 1. The van der Waals surface area contributed by atoms with Crippen molar-refractivity contribution in [2.75, 3.05) is 5.73 Å². The number of H-pyrrole nitrogens is 1. The second-order valence-corrected chi connectivity index (χ2v) is 7.45. The number of aromatic nitrogens is 7. The summed E-state index contributed by atoms with van der Waals surface area (Å²) < 4.78 is 23.7. The molecule has 1 atom stereocenters. The highest BCUT2D eigenvalue weighted by atomic mass is 19.1. The van der Waals surface area contributed by atoms with Crippen molar-refractivity contribution >= 4 is 5.82 Å². The number of rotatable bonds is 0. The zero-order valence-electron chi connectivity index (χ0n) is 17.4. The summed E-state index contributed by atoms with van der Waals surface area (Å²) in [6.07, 6.45) is -0.802. The van der Waals surface area contributed by atoms with Crippen LogP contribution < -0.4 is 21.9 Å². The molecular formula is C20H16FN9O3. The molecule has 0 radical (unpaired) electrons. The first-order valence-corrected chi connectivity index (χ1v) is 9.76. The van der Waals surface area contributed by atoms with E-state index in [2.05, 4.69) is 26.3 Å². The molecular weight excluding hydrogens is 433 g/mol. The van der Waals surface area contributed by atoms with Gasteiger partial charge >= 0.3 is 11.4 Å². The standard InChI is InChI=1S/C20H16FN9O3/c1-9-11-5-10(21)3-4-14(11)30-20(32)24-19(31)29(30)8-13-17(15(7-22)28(2)27-13)12-6-16(33-9)18(23)26-25-12/h3-6,9H,8H2,1-2H3,(H2,23,26)(H,24,31,32)/t9-/m1/s1. The SMILES string of the molecule is C[C@H]1Oc2cc(nnc2N)-c2c(nn(C)c2C#N)Cn2c(=O)[nH]c(=O)n2-c2ccc(F)cc21. The minimum absolute atomic E-state index is 0.0136. The highest BCUT2D eigenvalue weighted by Crippen LogP contribution is 2.34. The number of hydrogen-bond acceptors (Lipinski definition) is 8. The molecule has 1 aliphatic heterocycles. The lowest BCUT2D eigenvalue weighted by atomic mass is 10.1. The third-order valence-electron chi connectivity index (χ3n) is 5.41. The maximum atomic E-state index is 14.2. The number of aromatic amines is 1. The Bertz CT molecular complexity index is 1590. The second-order valence-electron chi connectivity index (χ2n) is 7.45. The number of nitrogens with two attached hydrogens (primary N) is 1. The van der Waals surface area contributed by atoms with Gasteiger partial charge in [0, 0.05) is 18.7 Å². The molecule has 1 aromatic carbocycles. The Hall–Kier alpha value is -4.73. The molecule has 4 heterocycles. The molecule has 166 valence electrons. The third kappa shape index (κ3) is 3.07. The lowest BCUT2D eigenvalue weighted by molar-refractivity contribution is 0.226. The first kappa shape index (κ1) is 20.2. The van der Waals surface area contributed by atoms with E-state index in [0.717, 1.165) is 9.36 Å². The van der Waals surface area contributed by atoms with E-state index >= 15 is 0 Å². The van der Waals surface area contributed by atoms with Crippen LogP contribution in [0.4, 0.5) is 10.2 Å². The van der Waals surface area contributed by atoms with E-state index in [0.29, 0.717) is 11.1 Å². The number of fused-ring (bicyclic) bond motifs is 7. The number of halogens is 1. The van der Waals surface area contributed by atoms with Crippen molar-refractivity contribution in [2.45, 2.75) is 19.6 Å². The number of benzene rings is 1. The maximum Gasteiger partial charge on any atom is 0.349 e. The van der Waals surface area contributed by atoms with Crippen molar-refractivity contribution in [3.8, 4) is 28.8 Å². The molecule has 0 unspecified atom stereocenters. The van der Waals surface area contributed by atoms with Crippen molar-refractivity contribution in [3.05, 3.63) is 68.0 Å². The molecule has 0 fully saturated rings. The van der Waals surface area contributed by atoms with E-state index in [9.17, 15) is 19.2 Å². The highest BCUT2D eigenvalue weighted by molar-refractivity contribution is 5.70. The molecule has 3 aromatic heterocycles. The molecule has 5 rings (SSSR count). The molecule has 1 aliphatic rings. The number of anilines is 1. The smallest absolute Gasteiger partial charge is 0.349 e. The number of hydrogen-bond donors (Lipinski definition) is 2. The van der Waals surface area contributed by atoms with E-state index in [1.807, 2.05) is 0 Å². The molecule has 0 amide bonds. The van der Waals surface area contributed by atoms with Gasteiger partial charge in [-0.3, -0.25) is 9.67 Å². The topological polar surface area (TPSA) is 162 Å². The Morgan fingerprint density at radius 3 is 2.82 bits per heavy atom. The summed E-state index contributed by atoms with van der Waals surface area (Å²) in [5, 5.41) is 22.1. The van der Waals surface area contributed by atoms with Crippen LogP contribution in [0.5, 0.6) is 5.75 Å². The average Bonchev–Trinajstić information content (AvgIpc) is 3.23. The average molecular weight is 449 g/mol. The van der Waals surface area contributed by atoms with Crippen molar-refractivity contribution in [3.63, 3.8) is 0 Å². The largest absolute Gasteiger partial charge is 0.482 e. The fraction of sp³-hybridized carbons (Fsp3) is 0.200. The Morgan fingerprint density at radius 1 is 1.27 bits per heavy atom. The number of ether oxygens (including phenoxy) is 1. The zero-order valence-corrected chi connectivity index (χ0v) is 17.4. The van der Waals surface area contributed by atoms with Gasteiger partial charge in [-0.15, -0.1) is 10.2 Å². The van der Waals surface area contributed by atoms with Crippen LogP contribution in [0.2, 0.25) is 0 Å². The quantitative estimate of drug-likeness (QED) is 0.394. The lowest BCUT2D eigenvalue weighted by Crippen LogP contribution is -2.28. The fourth-order valence-corrected chi connectivity index (χ4v) is 3.92. The Labute approximate surface area is 184 Å². The first-order chi connectivity index (χ1) is 15.8.